The Morgan fingerprint density at radius 3 is 1.42 bits per heavy atom. The van der Waals surface area contributed by atoms with E-state index < -0.39 is 0 Å². The monoisotopic (exact) mass is 714 g/mol. The van der Waals surface area contributed by atoms with Gasteiger partial charge in [-0.2, -0.15) is 0 Å². The maximum Gasteiger partial charge on any atom is 0.123 e. The summed E-state index contributed by atoms with van der Waals surface area (Å²) in [5.74, 6) is -0.519. The Morgan fingerprint density at radius 2 is 0.836 bits per heavy atom. The molecule has 0 saturated heterocycles. The molecule has 0 radical (unpaired) electrons. The highest BCUT2D eigenvalue weighted by Crippen LogP contribution is 2.57. The zero-order valence-corrected chi connectivity index (χ0v) is 30.5. The molecule has 0 aliphatic heterocycles. The summed E-state index contributed by atoms with van der Waals surface area (Å²) in [5.41, 5.74) is 10.7. The molecule has 4 heteroatoms. The summed E-state index contributed by atoms with van der Waals surface area (Å²) in [7, 11) is 0. The number of halogens is 2. The van der Waals surface area contributed by atoms with E-state index in [1.54, 1.807) is 0 Å². The van der Waals surface area contributed by atoms with Crippen LogP contribution >= 0.6 is 0 Å². The molecule has 0 unspecified atom stereocenters. The number of benzene rings is 9. The van der Waals surface area contributed by atoms with Gasteiger partial charge < -0.3 is 9.80 Å². The molecule has 0 spiro atoms. The summed E-state index contributed by atoms with van der Waals surface area (Å²) in [6.07, 6.45) is 0. The van der Waals surface area contributed by atoms with Crippen LogP contribution in [0.5, 0.6) is 0 Å². The first-order valence-electron chi connectivity index (χ1n) is 18.6. The van der Waals surface area contributed by atoms with Crippen LogP contribution < -0.4 is 9.80 Å². The predicted molar refractivity (Wildman–Crippen MR) is 226 cm³/mol. The Kier molecular flexibility index (Phi) is 7.57. The van der Waals surface area contributed by atoms with Crippen molar-refractivity contribution in [3.8, 4) is 11.1 Å². The van der Waals surface area contributed by atoms with Crippen LogP contribution in [0, 0.1) is 11.6 Å². The third-order valence-corrected chi connectivity index (χ3v) is 11.2. The standard InChI is InChI=1S/C51H36F2N2/c1-51(2)49-42-29-26-40(54(36-11-5-3-6-12-36)38-22-18-34(52)19-23-38)31-33(42)17-28-46(49)48-44-16-10-9-15-43(44)47-32-41(27-30-45(47)50(48)51)55(37-13-7-4-8-14-37)39-24-20-35(53)21-25-39/h3-32H,1-2H3. The molecule has 1 aliphatic rings. The van der Waals surface area contributed by atoms with Gasteiger partial charge in [-0.25, -0.2) is 8.78 Å². The van der Waals surface area contributed by atoms with E-state index in [-0.39, 0.29) is 17.0 Å². The van der Waals surface area contributed by atoms with E-state index in [1.807, 2.05) is 60.7 Å². The molecule has 0 atom stereocenters. The van der Waals surface area contributed by atoms with Gasteiger partial charge in [0, 0.05) is 39.5 Å². The molecule has 0 amide bonds. The number of fused-ring (bicyclic) bond motifs is 10. The summed E-state index contributed by atoms with van der Waals surface area (Å²) in [4.78, 5) is 4.37. The van der Waals surface area contributed by atoms with Crippen molar-refractivity contribution in [1.29, 1.82) is 0 Å². The van der Waals surface area contributed by atoms with Crippen molar-refractivity contribution >= 4 is 66.4 Å². The Morgan fingerprint density at radius 1 is 0.364 bits per heavy atom. The second kappa shape index (κ2) is 12.7. The van der Waals surface area contributed by atoms with E-state index in [9.17, 15) is 8.78 Å². The molecule has 0 aromatic heterocycles. The molecule has 0 saturated carbocycles. The second-order valence-corrected chi connectivity index (χ2v) is 14.8. The van der Waals surface area contributed by atoms with Gasteiger partial charge in [0.1, 0.15) is 11.6 Å². The lowest BCUT2D eigenvalue weighted by Gasteiger charge is -2.28. The van der Waals surface area contributed by atoms with Gasteiger partial charge in [-0.05, 0) is 152 Å². The van der Waals surface area contributed by atoms with Crippen LogP contribution in [0.2, 0.25) is 0 Å². The summed E-state index contributed by atoms with van der Waals surface area (Å²) >= 11 is 0. The molecule has 10 rings (SSSR count). The van der Waals surface area contributed by atoms with Gasteiger partial charge in [0.2, 0.25) is 0 Å². The maximum absolute atomic E-state index is 14.1. The fourth-order valence-corrected chi connectivity index (χ4v) is 8.94. The summed E-state index contributed by atoms with van der Waals surface area (Å²) in [6, 6.07) is 60.6. The number of nitrogens with zero attached hydrogens (tertiary/aromatic N) is 2. The summed E-state index contributed by atoms with van der Waals surface area (Å²) in [6.45, 7) is 4.72. The molecule has 264 valence electrons. The third kappa shape index (κ3) is 5.28. The van der Waals surface area contributed by atoms with E-state index in [0.29, 0.717) is 0 Å². The molecule has 2 nitrogen and oxygen atoms in total. The van der Waals surface area contributed by atoms with Crippen LogP contribution in [0.15, 0.2) is 182 Å². The molecule has 0 bridgehead atoms. The molecule has 9 aromatic carbocycles. The number of hydrogen-bond acceptors (Lipinski definition) is 2. The SMILES string of the molecule is CC1(C)c2c(ccc3cc(N(c4ccccc4)c4ccc(F)cc4)ccc23)-c2c1c1ccc(N(c3ccccc3)c3ccc(F)cc3)cc1c1ccccc21. The van der Waals surface area contributed by atoms with Gasteiger partial charge in [0.25, 0.3) is 0 Å². The minimum Gasteiger partial charge on any atom is -0.310 e. The van der Waals surface area contributed by atoms with Crippen LogP contribution in [0.25, 0.3) is 43.4 Å². The largest absolute Gasteiger partial charge is 0.310 e. The van der Waals surface area contributed by atoms with Crippen LogP contribution in [-0.2, 0) is 5.41 Å². The first kappa shape index (κ1) is 32.8. The van der Waals surface area contributed by atoms with Gasteiger partial charge in [-0.3, -0.25) is 0 Å². The highest BCUT2D eigenvalue weighted by molar-refractivity contribution is 6.20. The lowest BCUT2D eigenvalue weighted by molar-refractivity contribution is 0.627. The van der Waals surface area contributed by atoms with Crippen molar-refractivity contribution in [1.82, 2.24) is 0 Å². The number of hydrogen-bond donors (Lipinski definition) is 0. The lowest BCUT2D eigenvalue weighted by atomic mass is 9.77. The van der Waals surface area contributed by atoms with Crippen molar-refractivity contribution in [3.63, 3.8) is 0 Å². The number of para-hydroxylation sites is 2. The number of anilines is 6. The van der Waals surface area contributed by atoms with Crippen LogP contribution in [0.3, 0.4) is 0 Å². The first-order valence-corrected chi connectivity index (χ1v) is 18.6. The average molecular weight is 715 g/mol. The van der Waals surface area contributed by atoms with Crippen LogP contribution in [0.4, 0.5) is 42.9 Å². The van der Waals surface area contributed by atoms with Gasteiger partial charge in [0.15, 0.2) is 0 Å². The summed E-state index contributed by atoms with van der Waals surface area (Å²) in [5, 5.41) is 7.19. The zero-order valence-electron chi connectivity index (χ0n) is 30.5. The third-order valence-electron chi connectivity index (χ3n) is 11.2. The predicted octanol–water partition coefficient (Wildman–Crippen LogP) is 14.7. The Labute approximate surface area is 319 Å². The Hall–Kier alpha value is -6.78. The van der Waals surface area contributed by atoms with Gasteiger partial charge in [-0.15, -0.1) is 0 Å². The van der Waals surface area contributed by atoms with Crippen molar-refractivity contribution in [2.24, 2.45) is 0 Å². The molecular formula is C51H36F2N2. The van der Waals surface area contributed by atoms with E-state index >= 15 is 0 Å². The highest BCUT2D eigenvalue weighted by atomic mass is 19.1. The molecule has 0 fully saturated rings. The molecule has 0 N–H and O–H groups in total. The highest BCUT2D eigenvalue weighted by Gasteiger charge is 2.40. The first-order chi connectivity index (χ1) is 26.9. The molecular weight excluding hydrogens is 679 g/mol. The lowest BCUT2D eigenvalue weighted by Crippen LogP contribution is -2.16. The van der Waals surface area contributed by atoms with Crippen molar-refractivity contribution in [3.05, 3.63) is 205 Å². The zero-order chi connectivity index (χ0) is 37.3. The quantitative estimate of drug-likeness (QED) is 0.158. The Bertz CT molecular complexity index is 2900. The minimum atomic E-state index is -0.318. The maximum atomic E-state index is 14.1. The van der Waals surface area contributed by atoms with Gasteiger partial charge >= 0.3 is 0 Å². The normalized spacial score (nSPS) is 12.9. The van der Waals surface area contributed by atoms with E-state index in [0.717, 1.165) is 39.5 Å². The van der Waals surface area contributed by atoms with Crippen molar-refractivity contribution < 1.29 is 8.78 Å². The molecule has 0 heterocycles. The fraction of sp³-hybridized carbons (Fsp3) is 0.0588. The molecule has 55 heavy (non-hydrogen) atoms. The summed E-state index contributed by atoms with van der Waals surface area (Å²) < 4.78 is 28.2. The Balaban J connectivity index is 1.16. The van der Waals surface area contributed by atoms with Crippen molar-refractivity contribution in [2.45, 2.75) is 19.3 Å². The number of rotatable bonds is 6. The van der Waals surface area contributed by atoms with Gasteiger partial charge in [-0.1, -0.05) is 98.8 Å². The minimum absolute atomic E-state index is 0.259. The van der Waals surface area contributed by atoms with Gasteiger partial charge in [0.05, 0.1) is 0 Å². The van der Waals surface area contributed by atoms with Crippen LogP contribution in [-0.4, -0.2) is 0 Å². The second-order valence-electron chi connectivity index (χ2n) is 14.8. The van der Waals surface area contributed by atoms with Crippen LogP contribution in [0.1, 0.15) is 25.0 Å². The van der Waals surface area contributed by atoms with E-state index in [2.05, 4.69) is 121 Å². The molecule has 1 aliphatic carbocycles. The fourth-order valence-electron chi connectivity index (χ4n) is 8.94. The van der Waals surface area contributed by atoms with E-state index in [1.165, 1.54) is 73.5 Å². The topological polar surface area (TPSA) is 6.48 Å². The van der Waals surface area contributed by atoms with E-state index in [4.69, 9.17) is 0 Å². The average Bonchev–Trinajstić information content (AvgIpc) is 3.47. The smallest absolute Gasteiger partial charge is 0.123 e. The van der Waals surface area contributed by atoms with Crippen molar-refractivity contribution in [2.75, 3.05) is 9.80 Å². The molecule has 9 aromatic rings.